The van der Waals surface area contributed by atoms with Crippen LogP contribution in [0.25, 0.3) is 0 Å². The number of rotatable bonds is 13. The van der Waals surface area contributed by atoms with Crippen molar-refractivity contribution in [3.8, 4) is 0 Å². The number of hydrogen-bond acceptors (Lipinski definition) is 2. The molecule has 0 aromatic carbocycles. The van der Waals surface area contributed by atoms with Gasteiger partial charge in [0.2, 0.25) is 0 Å². The predicted molar refractivity (Wildman–Crippen MR) is 94.1 cm³/mol. The molecule has 0 bridgehead atoms. The highest BCUT2D eigenvalue weighted by atomic mass is 15.4. The van der Waals surface area contributed by atoms with E-state index in [0.717, 1.165) is 0 Å². The molecule has 0 N–H and O–H groups in total. The summed E-state index contributed by atoms with van der Waals surface area (Å²) in [5.41, 5.74) is 0. The van der Waals surface area contributed by atoms with Crippen molar-refractivity contribution in [1.29, 1.82) is 0 Å². The van der Waals surface area contributed by atoms with Gasteiger partial charge >= 0.3 is 0 Å². The average molecular weight is 295 g/mol. The molecule has 0 fully saturated rings. The van der Waals surface area contributed by atoms with Crippen molar-refractivity contribution in [3.05, 3.63) is 12.4 Å². The first kappa shape index (κ1) is 18.4. The molecular weight excluding hydrogens is 256 g/mol. The van der Waals surface area contributed by atoms with E-state index in [1.165, 1.54) is 83.7 Å². The van der Waals surface area contributed by atoms with Crippen LogP contribution in [0.5, 0.6) is 0 Å². The van der Waals surface area contributed by atoms with E-state index in [2.05, 4.69) is 43.0 Å². The molecule has 1 aliphatic rings. The van der Waals surface area contributed by atoms with E-state index in [-0.39, 0.29) is 0 Å². The minimum Gasteiger partial charge on any atom is -0.356 e. The molecule has 21 heavy (non-hydrogen) atoms. The monoisotopic (exact) mass is 294 g/mol. The normalized spacial score (nSPS) is 18.0. The first-order valence-corrected chi connectivity index (χ1v) is 9.53. The van der Waals surface area contributed by atoms with E-state index in [1.54, 1.807) is 0 Å². The molecule has 0 aromatic heterocycles. The largest absolute Gasteiger partial charge is 0.356 e. The third kappa shape index (κ3) is 7.24. The first-order valence-electron chi connectivity index (χ1n) is 9.53. The summed E-state index contributed by atoms with van der Waals surface area (Å²) in [4.78, 5) is 5.17. The molecule has 1 unspecified atom stereocenters. The van der Waals surface area contributed by atoms with Gasteiger partial charge in [0.15, 0.2) is 0 Å². The van der Waals surface area contributed by atoms with Crippen LogP contribution in [0.3, 0.4) is 0 Å². The predicted octanol–water partition coefficient (Wildman–Crippen LogP) is 5.75. The summed E-state index contributed by atoms with van der Waals surface area (Å²) in [6.07, 6.45) is 20.3. The lowest BCUT2D eigenvalue weighted by atomic mass is 10.1. The highest BCUT2D eigenvalue weighted by Gasteiger charge is 2.24. The molecule has 1 aliphatic heterocycles. The smallest absolute Gasteiger partial charge is 0.101 e. The summed E-state index contributed by atoms with van der Waals surface area (Å²) in [7, 11) is 0. The Morgan fingerprint density at radius 3 is 1.81 bits per heavy atom. The Bertz CT molecular complexity index is 262. The maximum absolute atomic E-state index is 2.60. The molecular formula is C19H38N2. The molecule has 0 saturated heterocycles. The van der Waals surface area contributed by atoms with E-state index in [4.69, 9.17) is 0 Å². The van der Waals surface area contributed by atoms with Crippen LogP contribution in [0.1, 0.15) is 91.4 Å². The minimum absolute atomic E-state index is 0.646. The Morgan fingerprint density at radius 1 is 0.619 bits per heavy atom. The van der Waals surface area contributed by atoms with Crippen LogP contribution in [-0.4, -0.2) is 29.1 Å². The van der Waals surface area contributed by atoms with Crippen molar-refractivity contribution in [3.63, 3.8) is 0 Å². The van der Waals surface area contributed by atoms with E-state index in [1.807, 2.05) is 0 Å². The molecule has 2 heteroatoms. The van der Waals surface area contributed by atoms with Crippen molar-refractivity contribution < 1.29 is 0 Å². The van der Waals surface area contributed by atoms with Gasteiger partial charge in [0.1, 0.15) is 6.17 Å². The Kier molecular flexibility index (Phi) is 10.5. The molecule has 0 radical (unpaired) electrons. The third-order valence-corrected chi connectivity index (χ3v) is 4.53. The van der Waals surface area contributed by atoms with Gasteiger partial charge in [-0.1, -0.05) is 65.7 Å². The summed E-state index contributed by atoms with van der Waals surface area (Å²) >= 11 is 0. The topological polar surface area (TPSA) is 6.48 Å². The Balaban J connectivity index is 2.31. The van der Waals surface area contributed by atoms with Crippen LogP contribution in [0, 0.1) is 0 Å². The Labute approximate surface area is 133 Å². The Hall–Kier alpha value is -0.660. The average Bonchev–Trinajstić information content (AvgIpc) is 2.86. The lowest BCUT2D eigenvalue weighted by Gasteiger charge is -2.33. The van der Waals surface area contributed by atoms with Crippen molar-refractivity contribution in [2.45, 2.75) is 97.6 Å². The summed E-state index contributed by atoms with van der Waals surface area (Å²) in [6, 6.07) is 0. The molecule has 0 spiro atoms. The molecule has 0 aromatic rings. The van der Waals surface area contributed by atoms with E-state index in [0.29, 0.717) is 6.17 Å². The molecule has 1 atom stereocenters. The number of nitrogens with zero attached hydrogens (tertiary/aromatic N) is 2. The lowest BCUT2D eigenvalue weighted by Crippen LogP contribution is -2.39. The van der Waals surface area contributed by atoms with Crippen LogP contribution in [0.2, 0.25) is 0 Å². The van der Waals surface area contributed by atoms with Gasteiger partial charge in [-0.15, -0.1) is 0 Å². The van der Waals surface area contributed by atoms with Gasteiger partial charge < -0.3 is 9.80 Å². The maximum atomic E-state index is 2.60. The van der Waals surface area contributed by atoms with Gasteiger partial charge in [-0.2, -0.15) is 0 Å². The SMILES string of the molecule is CCCCCCCC1N(CCC)C=CN1CCCCCC. The highest BCUT2D eigenvalue weighted by molar-refractivity contribution is 4.96. The number of unbranched alkanes of at least 4 members (excludes halogenated alkanes) is 7. The quantitative estimate of drug-likeness (QED) is 0.399. The van der Waals surface area contributed by atoms with Crippen molar-refractivity contribution in [2.75, 3.05) is 13.1 Å². The van der Waals surface area contributed by atoms with Crippen molar-refractivity contribution in [1.82, 2.24) is 9.80 Å². The fraction of sp³-hybridized carbons (Fsp3) is 0.895. The summed E-state index contributed by atoms with van der Waals surface area (Å²) in [5.74, 6) is 0. The molecule has 2 nitrogen and oxygen atoms in total. The van der Waals surface area contributed by atoms with Crippen LogP contribution in [0.4, 0.5) is 0 Å². The molecule has 0 aliphatic carbocycles. The van der Waals surface area contributed by atoms with E-state index in [9.17, 15) is 0 Å². The second-order valence-corrected chi connectivity index (χ2v) is 6.52. The fourth-order valence-electron chi connectivity index (χ4n) is 3.25. The standard InChI is InChI=1S/C19H38N2/c1-4-7-9-11-12-14-19-20(15-6-3)17-18-21(19)16-13-10-8-5-2/h17-19H,4-16H2,1-3H3. The Morgan fingerprint density at radius 2 is 1.19 bits per heavy atom. The van der Waals surface area contributed by atoms with Crippen LogP contribution in [-0.2, 0) is 0 Å². The lowest BCUT2D eigenvalue weighted by molar-refractivity contribution is 0.137. The van der Waals surface area contributed by atoms with Crippen LogP contribution < -0.4 is 0 Å². The molecule has 0 saturated carbocycles. The van der Waals surface area contributed by atoms with Gasteiger partial charge in [-0.3, -0.25) is 0 Å². The second-order valence-electron chi connectivity index (χ2n) is 6.52. The van der Waals surface area contributed by atoms with Gasteiger partial charge in [-0.05, 0) is 25.7 Å². The molecule has 0 amide bonds. The summed E-state index contributed by atoms with van der Waals surface area (Å²) in [5, 5.41) is 0. The summed E-state index contributed by atoms with van der Waals surface area (Å²) < 4.78 is 0. The van der Waals surface area contributed by atoms with Gasteiger partial charge in [-0.25, -0.2) is 0 Å². The zero-order chi connectivity index (χ0) is 15.3. The zero-order valence-electron chi connectivity index (χ0n) is 14.8. The van der Waals surface area contributed by atoms with Crippen LogP contribution in [0.15, 0.2) is 12.4 Å². The van der Waals surface area contributed by atoms with E-state index >= 15 is 0 Å². The van der Waals surface area contributed by atoms with Gasteiger partial charge in [0, 0.05) is 25.5 Å². The first-order chi connectivity index (χ1) is 10.3. The van der Waals surface area contributed by atoms with Gasteiger partial charge in [0.25, 0.3) is 0 Å². The summed E-state index contributed by atoms with van der Waals surface area (Å²) in [6.45, 7) is 9.33. The molecule has 1 heterocycles. The third-order valence-electron chi connectivity index (χ3n) is 4.53. The highest BCUT2D eigenvalue weighted by Crippen LogP contribution is 2.22. The fourth-order valence-corrected chi connectivity index (χ4v) is 3.25. The number of hydrogen-bond donors (Lipinski definition) is 0. The minimum atomic E-state index is 0.646. The maximum Gasteiger partial charge on any atom is 0.101 e. The molecule has 124 valence electrons. The van der Waals surface area contributed by atoms with Crippen molar-refractivity contribution in [2.24, 2.45) is 0 Å². The van der Waals surface area contributed by atoms with Crippen molar-refractivity contribution >= 4 is 0 Å². The second kappa shape index (κ2) is 11.9. The zero-order valence-corrected chi connectivity index (χ0v) is 14.8. The van der Waals surface area contributed by atoms with E-state index < -0.39 is 0 Å². The van der Waals surface area contributed by atoms with Gasteiger partial charge in [0.05, 0.1) is 0 Å². The van der Waals surface area contributed by atoms with Crippen LogP contribution >= 0.6 is 0 Å². The molecule has 1 rings (SSSR count).